The molecule has 1 atom stereocenters. The van der Waals surface area contributed by atoms with E-state index >= 15 is 0 Å². The largest absolute Gasteiger partial charge is 0.385 e. The van der Waals surface area contributed by atoms with Gasteiger partial charge in [-0.3, -0.25) is 4.79 Å². The molecule has 0 aliphatic rings. The fraction of sp³-hybridized carbons (Fsp3) is 0.462. The lowest BCUT2D eigenvalue weighted by Crippen LogP contribution is -2.45. The Morgan fingerprint density at radius 1 is 1.33 bits per heavy atom. The Hall–Kier alpha value is -0.960. The summed E-state index contributed by atoms with van der Waals surface area (Å²) in [5, 5.41) is 2.65. The highest BCUT2D eigenvalue weighted by molar-refractivity contribution is 9.10. The number of carbonyl (C=O) groups is 1. The molecule has 0 fully saturated rings. The van der Waals surface area contributed by atoms with Crippen molar-refractivity contribution in [1.29, 1.82) is 0 Å². The lowest BCUT2D eigenvalue weighted by Gasteiger charge is -2.14. The molecule has 0 saturated carbocycles. The van der Waals surface area contributed by atoms with Crippen LogP contribution in [0.5, 0.6) is 0 Å². The standard InChI is InChI=1S/C13H19BrN2O4S/c1-10(13(17)15-8-3-9-20-2)16-21(18,19)12-6-4-11(14)5-7-12/h4-7,10,16H,3,8-9H2,1-2H3,(H,15,17). The maximum atomic E-state index is 12.1. The first kappa shape index (κ1) is 18.1. The van der Waals surface area contributed by atoms with Crippen molar-refractivity contribution in [3.8, 4) is 0 Å². The van der Waals surface area contributed by atoms with Crippen molar-refractivity contribution in [2.45, 2.75) is 24.3 Å². The molecule has 8 heteroatoms. The van der Waals surface area contributed by atoms with Crippen molar-refractivity contribution >= 4 is 31.9 Å². The van der Waals surface area contributed by atoms with Crippen LogP contribution >= 0.6 is 15.9 Å². The highest BCUT2D eigenvalue weighted by Crippen LogP contribution is 2.14. The zero-order chi connectivity index (χ0) is 15.9. The minimum absolute atomic E-state index is 0.115. The molecular formula is C13H19BrN2O4S. The third-order valence-electron chi connectivity index (χ3n) is 2.67. The Morgan fingerprint density at radius 2 is 1.95 bits per heavy atom. The molecule has 1 rings (SSSR count). The SMILES string of the molecule is COCCCNC(=O)C(C)NS(=O)(=O)c1ccc(Br)cc1. The molecule has 0 aliphatic heterocycles. The van der Waals surface area contributed by atoms with Crippen LogP contribution in [0.25, 0.3) is 0 Å². The van der Waals surface area contributed by atoms with E-state index in [0.29, 0.717) is 19.6 Å². The maximum Gasteiger partial charge on any atom is 0.241 e. The van der Waals surface area contributed by atoms with Gasteiger partial charge in [-0.1, -0.05) is 15.9 Å². The summed E-state index contributed by atoms with van der Waals surface area (Å²) in [7, 11) is -2.13. The van der Waals surface area contributed by atoms with Crippen LogP contribution in [0.1, 0.15) is 13.3 Å². The van der Waals surface area contributed by atoms with E-state index in [1.165, 1.54) is 19.1 Å². The van der Waals surface area contributed by atoms with Crippen molar-refractivity contribution < 1.29 is 17.9 Å². The van der Waals surface area contributed by atoms with Crippen LogP contribution in [-0.2, 0) is 19.6 Å². The number of methoxy groups -OCH3 is 1. The summed E-state index contributed by atoms with van der Waals surface area (Å²) < 4.78 is 32.2. The van der Waals surface area contributed by atoms with E-state index < -0.39 is 16.1 Å². The van der Waals surface area contributed by atoms with Gasteiger partial charge >= 0.3 is 0 Å². The predicted octanol–water partition coefficient (Wildman–Crippen LogP) is 1.27. The molecule has 1 amide bonds. The van der Waals surface area contributed by atoms with Gasteiger partial charge in [0.2, 0.25) is 15.9 Å². The molecule has 0 saturated heterocycles. The number of sulfonamides is 1. The fourth-order valence-electron chi connectivity index (χ4n) is 1.55. The molecule has 0 radical (unpaired) electrons. The quantitative estimate of drug-likeness (QED) is 0.667. The first-order valence-electron chi connectivity index (χ1n) is 6.41. The number of amides is 1. The number of carbonyl (C=O) groups excluding carboxylic acids is 1. The number of hydrogen-bond acceptors (Lipinski definition) is 4. The van der Waals surface area contributed by atoms with Crippen molar-refractivity contribution in [3.05, 3.63) is 28.7 Å². The molecule has 21 heavy (non-hydrogen) atoms. The predicted molar refractivity (Wildman–Crippen MR) is 83.4 cm³/mol. The highest BCUT2D eigenvalue weighted by Gasteiger charge is 2.21. The first-order valence-corrected chi connectivity index (χ1v) is 8.69. The Morgan fingerprint density at radius 3 is 2.52 bits per heavy atom. The van der Waals surface area contributed by atoms with E-state index in [2.05, 4.69) is 26.0 Å². The Balaban J connectivity index is 2.58. The molecular weight excluding hydrogens is 360 g/mol. The molecule has 1 aromatic rings. The summed E-state index contributed by atoms with van der Waals surface area (Å²) in [4.78, 5) is 11.9. The molecule has 0 aliphatic carbocycles. The number of benzene rings is 1. The minimum atomic E-state index is -3.71. The molecule has 0 bridgehead atoms. The molecule has 2 N–H and O–H groups in total. The van der Waals surface area contributed by atoms with Crippen molar-refractivity contribution in [2.24, 2.45) is 0 Å². The van der Waals surface area contributed by atoms with Crippen molar-refractivity contribution in [1.82, 2.24) is 10.0 Å². The smallest absolute Gasteiger partial charge is 0.241 e. The highest BCUT2D eigenvalue weighted by atomic mass is 79.9. The zero-order valence-electron chi connectivity index (χ0n) is 11.9. The Kier molecular flexibility index (Phi) is 7.30. The van der Waals surface area contributed by atoms with Gasteiger partial charge < -0.3 is 10.1 Å². The third kappa shape index (κ3) is 6.13. The first-order chi connectivity index (χ1) is 9.86. The van der Waals surface area contributed by atoms with E-state index in [4.69, 9.17) is 4.74 Å². The maximum absolute atomic E-state index is 12.1. The molecule has 6 nitrogen and oxygen atoms in total. The number of hydrogen-bond donors (Lipinski definition) is 2. The van der Waals surface area contributed by atoms with Crippen LogP contribution in [0.15, 0.2) is 33.6 Å². The summed E-state index contributed by atoms with van der Waals surface area (Å²) in [6, 6.07) is 5.35. The normalized spacial score (nSPS) is 12.9. The molecule has 0 spiro atoms. The van der Waals surface area contributed by atoms with Gasteiger partial charge in [0.05, 0.1) is 10.9 Å². The second-order valence-corrected chi connectivity index (χ2v) is 7.06. The fourth-order valence-corrected chi connectivity index (χ4v) is 3.02. The second kappa shape index (κ2) is 8.47. The van der Waals surface area contributed by atoms with E-state index in [9.17, 15) is 13.2 Å². The van der Waals surface area contributed by atoms with Gasteiger partial charge in [0.25, 0.3) is 0 Å². The molecule has 1 aromatic carbocycles. The number of nitrogens with one attached hydrogen (secondary N) is 2. The van der Waals surface area contributed by atoms with Gasteiger partial charge in [0.15, 0.2) is 0 Å². The van der Waals surface area contributed by atoms with Crippen LogP contribution in [0.2, 0.25) is 0 Å². The lowest BCUT2D eigenvalue weighted by atomic mass is 10.3. The Bertz CT molecular complexity index is 560. The average Bonchev–Trinajstić information content (AvgIpc) is 2.43. The third-order valence-corrected chi connectivity index (χ3v) is 4.76. The van der Waals surface area contributed by atoms with Crippen LogP contribution in [0.4, 0.5) is 0 Å². The summed E-state index contributed by atoms with van der Waals surface area (Å²) >= 11 is 3.24. The number of halogens is 1. The summed E-state index contributed by atoms with van der Waals surface area (Å²) in [6.07, 6.45) is 0.675. The van der Waals surface area contributed by atoms with E-state index in [1.807, 2.05) is 0 Å². The van der Waals surface area contributed by atoms with Gasteiger partial charge in [-0.2, -0.15) is 4.72 Å². The van der Waals surface area contributed by atoms with E-state index in [1.54, 1.807) is 19.2 Å². The van der Waals surface area contributed by atoms with E-state index in [-0.39, 0.29) is 10.8 Å². The minimum Gasteiger partial charge on any atom is -0.385 e. The summed E-state index contributed by atoms with van der Waals surface area (Å²) in [6.45, 7) is 2.48. The topological polar surface area (TPSA) is 84.5 Å². The van der Waals surface area contributed by atoms with Gasteiger partial charge in [-0.25, -0.2) is 8.42 Å². The lowest BCUT2D eigenvalue weighted by molar-refractivity contribution is -0.122. The molecule has 0 aromatic heterocycles. The molecule has 0 heterocycles. The van der Waals surface area contributed by atoms with Gasteiger partial charge in [-0.05, 0) is 37.6 Å². The molecule has 1 unspecified atom stereocenters. The average molecular weight is 379 g/mol. The van der Waals surface area contributed by atoms with Crippen molar-refractivity contribution in [2.75, 3.05) is 20.3 Å². The van der Waals surface area contributed by atoms with Gasteiger partial charge in [0, 0.05) is 24.7 Å². The van der Waals surface area contributed by atoms with Gasteiger partial charge in [-0.15, -0.1) is 0 Å². The van der Waals surface area contributed by atoms with Crippen molar-refractivity contribution in [3.63, 3.8) is 0 Å². The van der Waals surface area contributed by atoms with Crippen LogP contribution in [0, 0.1) is 0 Å². The zero-order valence-corrected chi connectivity index (χ0v) is 14.3. The van der Waals surface area contributed by atoms with E-state index in [0.717, 1.165) is 4.47 Å². The van der Waals surface area contributed by atoms with Crippen LogP contribution in [0.3, 0.4) is 0 Å². The van der Waals surface area contributed by atoms with Gasteiger partial charge in [0.1, 0.15) is 0 Å². The monoisotopic (exact) mass is 378 g/mol. The molecule has 118 valence electrons. The van der Waals surface area contributed by atoms with Crippen LogP contribution in [-0.4, -0.2) is 40.6 Å². The number of ether oxygens (including phenoxy) is 1. The summed E-state index contributed by atoms with van der Waals surface area (Å²) in [5.41, 5.74) is 0. The van der Waals surface area contributed by atoms with Crippen LogP contribution < -0.4 is 10.0 Å². The number of rotatable bonds is 8. The summed E-state index contributed by atoms with van der Waals surface area (Å²) in [5.74, 6) is -0.369. The Labute approximate surface area is 133 Å². The second-order valence-electron chi connectivity index (χ2n) is 4.43.